The first-order valence-corrected chi connectivity index (χ1v) is 11.8. The molecular weight excluding hydrogens is 452 g/mol. The van der Waals surface area contributed by atoms with Crippen molar-refractivity contribution in [2.24, 2.45) is 11.8 Å². The quantitative estimate of drug-likeness (QED) is 0.595. The number of sulfone groups is 2. The Hall–Kier alpha value is -1.05. The maximum absolute atomic E-state index is 13.1. The van der Waals surface area contributed by atoms with Gasteiger partial charge in [-0.3, -0.25) is 4.79 Å². The summed E-state index contributed by atoms with van der Waals surface area (Å²) in [5.74, 6) is -3.51. The van der Waals surface area contributed by atoms with Crippen molar-refractivity contribution in [2.75, 3.05) is 0 Å². The number of hydrogen-bond acceptors (Lipinski definition) is 5. The summed E-state index contributed by atoms with van der Waals surface area (Å²) in [6, 6.07) is 0. The van der Waals surface area contributed by atoms with Crippen LogP contribution < -0.4 is 5.32 Å². The van der Waals surface area contributed by atoms with Crippen molar-refractivity contribution in [3.8, 4) is 0 Å². The van der Waals surface area contributed by atoms with Gasteiger partial charge in [-0.15, -0.1) is 0 Å². The molecule has 0 aliphatic heterocycles. The van der Waals surface area contributed by atoms with Crippen molar-refractivity contribution < 1.29 is 48.0 Å². The molecule has 0 aromatic heterocycles. The Bertz CT molecular complexity index is 777. The fourth-order valence-electron chi connectivity index (χ4n) is 3.40. The van der Waals surface area contributed by atoms with Crippen molar-refractivity contribution in [3.63, 3.8) is 0 Å². The van der Waals surface area contributed by atoms with E-state index in [2.05, 4.69) is 5.32 Å². The van der Waals surface area contributed by atoms with Gasteiger partial charge in [0.2, 0.25) is 5.91 Å². The number of rotatable bonds is 6. The average Bonchev–Trinajstić information content (AvgIpc) is 2.53. The minimum atomic E-state index is -6.77. The lowest BCUT2D eigenvalue weighted by Gasteiger charge is -2.45. The molecule has 1 N–H and O–H groups in total. The third kappa shape index (κ3) is 5.00. The number of carbonyl (C=O) groups excluding carboxylic acids is 1. The normalized spacial score (nSPS) is 25.7. The molecule has 1 aliphatic rings. The van der Waals surface area contributed by atoms with Gasteiger partial charge in [0.25, 0.3) is 19.7 Å². The van der Waals surface area contributed by atoms with E-state index >= 15 is 0 Å². The number of alkyl halides is 6. The van der Waals surface area contributed by atoms with Crippen molar-refractivity contribution >= 4 is 25.6 Å². The lowest BCUT2D eigenvalue weighted by atomic mass is 9.74. The molecule has 0 aromatic carbocycles. The Labute approximate surface area is 165 Å². The third-order valence-electron chi connectivity index (χ3n) is 5.33. The highest BCUT2D eigenvalue weighted by atomic mass is 32.3. The molecule has 3 unspecified atom stereocenters. The summed E-state index contributed by atoms with van der Waals surface area (Å²) in [4.78, 5) is 12.3. The number of nitrogens with one attached hydrogen (secondary N) is 1. The Morgan fingerprint density at radius 3 is 1.86 bits per heavy atom. The summed E-state index contributed by atoms with van der Waals surface area (Å²) in [6.07, 6.45) is -0.142. The number of hydrogen-bond donors (Lipinski definition) is 1. The zero-order chi connectivity index (χ0) is 23.1. The van der Waals surface area contributed by atoms with E-state index in [-0.39, 0.29) is 19.3 Å². The molecule has 0 heterocycles. The highest BCUT2D eigenvalue weighted by molar-refractivity contribution is 8.09. The van der Waals surface area contributed by atoms with Crippen LogP contribution in [-0.4, -0.2) is 43.9 Å². The topological polar surface area (TPSA) is 97.4 Å². The second kappa shape index (κ2) is 8.23. The van der Waals surface area contributed by atoms with Gasteiger partial charge in [0.1, 0.15) is 0 Å². The molecule has 0 radical (unpaired) electrons. The molecule has 1 saturated carbocycles. The Morgan fingerprint density at radius 2 is 1.48 bits per heavy atom. The van der Waals surface area contributed by atoms with E-state index in [1.54, 1.807) is 6.92 Å². The summed E-state index contributed by atoms with van der Waals surface area (Å²) < 4.78 is 123. The van der Waals surface area contributed by atoms with Crippen LogP contribution in [0, 0.1) is 11.8 Å². The predicted molar refractivity (Wildman–Crippen MR) is 91.7 cm³/mol. The van der Waals surface area contributed by atoms with Gasteiger partial charge in [0, 0.05) is 17.4 Å². The number of halogens is 6. The molecule has 172 valence electrons. The van der Waals surface area contributed by atoms with E-state index in [9.17, 15) is 48.0 Å². The van der Waals surface area contributed by atoms with E-state index in [1.807, 2.05) is 0 Å². The molecule has 0 aromatic rings. The molecule has 0 saturated heterocycles. The van der Waals surface area contributed by atoms with Crippen molar-refractivity contribution in [1.82, 2.24) is 5.32 Å². The van der Waals surface area contributed by atoms with Crippen LogP contribution in [-0.2, 0) is 24.5 Å². The highest BCUT2D eigenvalue weighted by Crippen LogP contribution is 2.47. The summed E-state index contributed by atoms with van der Waals surface area (Å²) >= 11 is 0. The van der Waals surface area contributed by atoms with Crippen molar-refractivity contribution in [2.45, 2.75) is 74.0 Å². The minimum absolute atomic E-state index is 0.0106. The van der Waals surface area contributed by atoms with Crippen LogP contribution in [0.25, 0.3) is 0 Å². The Kier molecular flexibility index (Phi) is 7.38. The van der Waals surface area contributed by atoms with Gasteiger partial charge in [0.05, 0.1) is 0 Å². The second-order valence-electron chi connectivity index (χ2n) is 7.42. The SMILES string of the molecule is CCC(C)C(=O)NC1(C)CCCCC1C(S(=O)(=O)C(F)(F)F)S(=O)(=O)C(F)(F)F. The fourth-order valence-corrected chi connectivity index (χ4v) is 7.66. The molecule has 0 bridgehead atoms. The lowest BCUT2D eigenvalue weighted by molar-refractivity contribution is -0.127. The number of carbonyl (C=O) groups is 1. The molecular formula is C15H23F6NO5S2. The smallest absolute Gasteiger partial charge is 0.350 e. The summed E-state index contributed by atoms with van der Waals surface area (Å²) in [6.45, 7) is 4.17. The van der Waals surface area contributed by atoms with Crippen molar-refractivity contribution in [3.05, 3.63) is 0 Å². The van der Waals surface area contributed by atoms with Crippen LogP contribution in [0.1, 0.15) is 52.9 Å². The molecule has 0 spiro atoms. The molecule has 14 heteroatoms. The fraction of sp³-hybridized carbons (Fsp3) is 0.933. The van der Waals surface area contributed by atoms with E-state index in [0.29, 0.717) is 6.42 Å². The van der Waals surface area contributed by atoms with Crippen LogP contribution in [0.15, 0.2) is 0 Å². The molecule has 3 atom stereocenters. The van der Waals surface area contributed by atoms with Crippen LogP contribution >= 0.6 is 0 Å². The van der Waals surface area contributed by atoms with Gasteiger partial charge in [-0.25, -0.2) is 16.8 Å². The molecule has 1 aliphatic carbocycles. The highest BCUT2D eigenvalue weighted by Gasteiger charge is 2.67. The molecule has 6 nitrogen and oxygen atoms in total. The first kappa shape index (κ1) is 26.0. The van der Waals surface area contributed by atoms with Crippen LogP contribution in [0.3, 0.4) is 0 Å². The van der Waals surface area contributed by atoms with Crippen molar-refractivity contribution in [1.29, 1.82) is 0 Å². The standard InChI is InChI=1S/C15H23F6NO5S2/c1-4-9(2)11(23)22-13(3)8-6-5-7-10(13)12(28(24,25)14(16,17)18)29(26,27)15(19,20)21/h9-10,12H,4-8H2,1-3H3,(H,22,23). The predicted octanol–water partition coefficient (Wildman–Crippen LogP) is 3.29. The molecule has 1 rings (SSSR count). The van der Waals surface area contributed by atoms with Crippen LogP contribution in [0.4, 0.5) is 26.3 Å². The zero-order valence-electron chi connectivity index (χ0n) is 15.9. The molecule has 1 fully saturated rings. The van der Waals surface area contributed by atoms with E-state index in [4.69, 9.17) is 0 Å². The maximum Gasteiger partial charge on any atom is 0.498 e. The van der Waals surface area contributed by atoms with Gasteiger partial charge < -0.3 is 5.32 Å². The first-order valence-electron chi connectivity index (χ1n) is 8.75. The largest absolute Gasteiger partial charge is 0.498 e. The molecule has 1 amide bonds. The van der Waals surface area contributed by atoms with E-state index in [1.165, 1.54) is 6.92 Å². The van der Waals surface area contributed by atoms with Gasteiger partial charge in [-0.05, 0) is 26.2 Å². The second-order valence-corrected chi connectivity index (χ2v) is 11.8. The van der Waals surface area contributed by atoms with Crippen LogP contribution in [0.2, 0.25) is 0 Å². The lowest BCUT2D eigenvalue weighted by Crippen LogP contribution is -2.62. The van der Waals surface area contributed by atoms with Gasteiger partial charge in [-0.2, -0.15) is 26.3 Å². The van der Waals surface area contributed by atoms with E-state index in [0.717, 1.165) is 6.92 Å². The maximum atomic E-state index is 13.1. The van der Waals surface area contributed by atoms with E-state index < -0.39 is 65.0 Å². The van der Waals surface area contributed by atoms with Gasteiger partial charge in [-0.1, -0.05) is 26.7 Å². The molecule has 29 heavy (non-hydrogen) atoms. The van der Waals surface area contributed by atoms with Crippen LogP contribution in [0.5, 0.6) is 0 Å². The first-order chi connectivity index (χ1) is 12.8. The zero-order valence-corrected chi connectivity index (χ0v) is 17.5. The monoisotopic (exact) mass is 475 g/mol. The third-order valence-corrected chi connectivity index (χ3v) is 10.0. The minimum Gasteiger partial charge on any atom is -0.350 e. The van der Waals surface area contributed by atoms with Gasteiger partial charge in [0.15, 0.2) is 4.58 Å². The Balaban J connectivity index is 3.67. The summed E-state index contributed by atoms with van der Waals surface area (Å²) in [7, 11) is -13.5. The Morgan fingerprint density at radius 1 is 1.03 bits per heavy atom. The average molecular weight is 475 g/mol. The van der Waals surface area contributed by atoms with Gasteiger partial charge >= 0.3 is 11.0 Å². The summed E-state index contributed by atoms with van der Waals surface area (Å²) in [5.41, 5.74) is -14.3. The number of amides is 1. The summed E-state index contributed by atoms with van der Waals surface area (Å²) in [5, 5.41) is 2.32.